The number of nitrogens with two attached hydrogens (primary N) is 1. The van der Waals surface area contributed by atoms with Crippen LogP contribution in [-0.2, 0) is 0 Å². The van der Waals surface area contributed by atoms with Crippen molar-refractivity contribution in [2.75, 3.05) is 0 Å². The van der Waals surface area contributed by atoms with Gasteiger partial charge in [0.15, 0.2) is 0 Å². The number of rotatable bonds is 5. The molecule has 0 saturated carbocycles. The molecule has 3 nitrogen and oxygen atoms in total. The molecule has 0 heterocycles. The van der Waals surface area contributed by atoms with E-state index < -0.39 is 0 Å². The lowest BCUT2D eigenvalue weighted by molar-refractivity contribution is 0.242. The molecule has 21 heavy (non-hydrogen) atoms. The van der Waals surface area contributed by atoms with E-state index >= 15 is 0 Å². The molecule has 0 saturated heterocycles. The van der Waals surface area contributed by atoms with Crippen molar-refractivity contribution in [2.45, 2.75) is 32.9 Å². The third-order valence-corrected chi connectivity index (χ3v) is 3.67. The lowest BCUT2D eigenvalue weighted by Gasteiger charge is -2.19. The van der Waals surface area contributed by atoms with Gasteiger partial charge in [0.25, 0.3) is 0 Å². The second kappa shape index (κ2) is 6.94. The van der Waals surface area contributed by atoms with Crippen LogP contribution >= 0.6 is 11.6 Å². The van der Waals surface area contributed by atoms with E-state index in [-0.39, 0.29) is 12.1 Å². The highest BCUT2D eigenvalue weighted by Gasteiger charge is 2.14. The molecule has 0 spiro atoms. The van der Waals surface area contributed by atoms with E-state index in [9.17, 15) is 0 Å². The van der Waals surface area contributed by atoms with Gasteiger partial charge in [-0.2, -0.15) is 0 Å². The molecule has 2 aromatic carbocycles. The number of hydrogen-bond donors (Lipinski definition) is 2. The zero-order chi connectivity index (χ0) is 15.4. The normalized spacial score (nSPS) is 12.5. The van der Waals surface area contributed by atoms with Gasteiger partial charge < -0.3 is 4.74 Å². The summed E-state index contributed by atoms with van der Waals surface area (Å²) in [6, 6.07) is 13.8. The number of aryl methyl sites for hydroxylation is 1. The number of benzene rings is 2. The lowest BCUT2D eigenvalue weighted by atomic mass is 9.98. The molecule has 0 amide bonds. The Hall–Kier alpha value is -1.55. The van der Waals surface area contributed by atoms with E-state index in [2.05, 4.69) is 5.43 Å². The van der Waals surface area contributed by atoms with E-state index in [4.69, 9.17) is 22.2 Å². The molecule has 0 aromatic heterocycles. The zero-order valence-corrected chi connectivity index (χ0v) is 13.3. The van der Waals surface area contributed by atoms with Gasteiger partial charge in [0.05, 0.1) is 12.1 Å². The fourth-order valence-electron chi connectivity index (χ4n) is 2.21. The molecule has 112 valence electrons. The van der Waals surface area contributed by atoms with Crippen molar-refractivity contribution in [1.29, 1.82) is 0 Å². The molecule has 1 unspecified atom stereocenters. The van der Waals surface area contributed by atoms with Gasteiger partial charge in [-0.25, -0.2) is 5.43 Å². The minimum Gasteiger partial charge on any atom is -0.491 e. The van der Waals surface area contributed by atoms with Gasteiger partial charge >= 0.3 is 0 Å². The van der Waals surface area contributed by atoms with Crippen molar-refractivity contribution in [3.05, 3.63) is 64.2 Å². The van der Waals surface area contributed by atoms with E-state index in [1.54, 1.807) is 0 Å². The van der Waals surface area contributed by atoms with Crippen LogP contribution in [0, 0.1) is 6.92 Å². The topological polar surface area (TPSA) is 47.3 Å². The minimum absolute atomic E-state index is 0.126. The van der Waals surface area contributed by atoms with Crippen molar-refractivity contribution in [3.63, 3.8) is 0 Å². The predicted octanol–water partition coefficient (Wildman–Crippen LogP) is 3.99. The second-order valence-electron chi connectivity index (χ2n) is 5.35. The van der Waals surface area contributed by atoms with Crippen molar-refractivity contribution >= 4 is 11.6 Å². The Balaban J connectivity index is 2.34. The number of halogens is 1. The van der Waals surface area contributed by atoms with Crippen LogP contribution in [0.15, 0.2) is 42.5 Å². The number of ether oxygens (including phenoxy) is 1. The maximum Gasteiger partial charge on any atom is 0.120 e. The summed E-state index contributed by atoms with van der Waals surface area (Å²) in [7, 11) is 0. The highest BCUT2D eigenvalue weighted by molar-refractivity contribution is 6.31. The Kier molecular flexibility index (Phi) is 5.23. The molecule has 0 bridgehead atoms. The summed E-state index contributed by atoms with van der Waals surface area (Å²) < 4.78 is 5.73. The fourth-order valence-corrected chi connectivity index (χ4v) is 2.40. The monoisotopic (exact) mass is 304 g/mol. The number of hydrogen-bond acceptors (Lipinski definition) is 3. The summed E-state index contributed by atoms with van der Waals surface area (Å²) >= 11 is 6.21. The van der Waals surface area contributed by atoms with Gasteiger partial charge in [-0.15, -0.1) is 0 Å². The van der Waals surface area contributed by atoms with Crippen molar-refractivity contribution in [2.24, 2.45) is 5.84 Å². The largest absolute Gasteiger partial charge is 0.491 e. The van der Waals surface area contributed by atoms with Gasteiger partial charge in [-0.3, -0.25) is 5.84 Å². The first kappa shape index (κ1) is 15.8. The third kappa shape index (κ3) is 3.97. The van der Waals surface area contributed by atoms with E-state index in [0.29, 0.717) is 0 Å². The average molecular weight is 305 g/mol. The molecule has 2 aromatic rings. The first-order valence-corrected chi connectivity index (χ1v) is 7.38. The summed E-state index contributed by atoms with van der Waals surface area (Å²) in [4.78, 5) is 0. The first-order chi connectivity index (χ1) is 10.0. The molecule has 4 heteroatoms. The van der Waals surface area contributed by atoms with Gasteiger partial charge in [0.2, 0.25) is 0 Å². The molecule has 0 fully saturated rings. The molecular weight excluding hydrogens is 284 g/mol. The van der Waals surface area contributed by atoms with Crippen LogP contribution in [0.3, 0.4) is 0 Å². The Labute approximate surface area is 131 Å². The highest BCUT2D eigenvalue weighted by atomic mass is 35.5. The molecule has 1 atom stereocenters. The Morgan fingerprint density at radius 2 is 1.81 bits per heavy atom. The quantitative estimate of drug-likeness (QED) is 0.648. The van der Waals surface area contributed by atoms with Crippen molar-refractivity contribution < 1.29 is 4.74 Å². The van der Waals surface area contributed by atoms with Crippen LogP contribution < -0.4 is 16.0 Å². The summed E-state index contributed by atoms with van der Waals surface area (Å²) in [5, 5.41) is 0.738. The maximum absolute atomic E-state index is 6.21. The average Bonchev–Trinajstić information content (AvgIpc) is 2.43. The van der Waals surface area contributed by atoms with Crippen LogP contribution in [0.25, 0.3) is 0 Å². The smallest absolute Gasteiger partial charge is 0.120 e. The SMILES string of the molecule is Cc1ccc(C(NN)c2cccc(OC(C)C)c2)cc1Cl. The van der Waals surface area contributed by atoms with Crippen LogP contribution in [0.5, 0.6) is 5.75 Å². The Bertz CT molecular complexity index is 613. The summed E-state index contributed by atoms with van der Waals surface area (Å²) in [6.45, 7) is 5.99. The van der Waals surface area contributed by atoms with Gasteiger partial charge in [-0.1, -0.05) is 35.9 Å². The molecule has 3 N–H and O–H groups in total. The summed E-state index contributed by atoms with van der Waals surface area (Å²) in [5.74, 6) is 6.58. The molecule has 0 radical (unpaired) electrons. The minimum atomic E-state index is -0.126. The summed E-state index contributed by atoms with van der Waals surface area (Å²) in [6.07, 6.45) is 0.137. The third-order valence-electron chi connectivity index (χ3n) is 3.26. The maximum atomic E-state index is 6.21. The van der Waals surface area contributed by atoms with E-state index in [1.807, 2.05) is 63.2 Å². The Morgan fingerprint density at radius 1 is 1.10 bits per heavy atom. The second-order valence-corrected chi connectivity index (χ2v) is 5.75. The molecule has 0 aliphatic heterocycles. The molecule has 2 rings (SSSR count). The van der Waals surface area contributed by atoms with Crippen molar-refractivity contribution in [1.82, 2.24) is 5.43 Å². The summed E-state index contributed by atoms with van der Waals surface area (Å²) in [5.41, 5.74) is 5.96. The lowest BCUT2D eigenvalue weighted by Crippen LogP contribution is -2.28. The number of nitrogens with one attached hydrogen (secondary N) is 1. The predicted molar refractivity (Wildman–Crippen MR) is 87.6 cm³/mol. The van der Waals surface area contributed by atoms with E-state index in [0.717, 1.165) is 27.5 Å². The van der Waals surface area contributed by atoms with Crippen LogP contribution in [0.2, 0.25) is 5.02 Å². The fraction of sp³-hybridized carbons (Fsp3) is 0.294. The Morgan fingerprint density at radius 3 is 2.43 bits per heavy atom. The van der Waals surface area contributed by atoms with Crippen LogP contribution in [0.1, 0.15) is 36.6 Å². The first-order valence-electron chi connectivity index (χ1n) is 7.00. The van der Waals surface area contributed by atoms with Gasteiger partial charge in [0, 0.05) is 5.02 Å². The van der Waals surface area contributed by atoms with Crippen LogP contribution in [-0.4, -0.2) is 6.10 Å². The van der Waals surface area contributed by atoms with E-state index in [1.165, 1.54) is 0 Å². The standard InChI is InChI=1S/C17H21ClN2O/c1-11(2)21-15-6-4-5-13(9-15)17(20-19)14-8-7-12(3)16(18)10-14/h4-11,17,20H,19H2,1-3H3. The van der Waals surface area contributed by atoms with Gasteiger partial charge in [0.1, 0.15) is 5.75 Å². The number of hydrazine groups is 1. The van der Waals surface area contributed by atoms with Gasteiger partial charge in [-0.05, 0) is 55.7 Å². The molecule has 0 aliphatic rings. The molecular formula is C17H21ClN2O. The van der Waals surface area contributed by atoms with Crippen molar-refractivity contribution in [3.8, 4) is 5.75 Å². The highest BCUT2D eigenvalue weighted by Crippen LogP contribution is 2.28. The zero-order valence-electron chi connectivity index (χ0n) is 12.6. The van der Waals surface area contributed by atoms with Crippen LogP contribution in [0.4, 0.5) is 0 Å². The molecule has 0 aliphatic carbocycles.